The molecule has 1 atom stereocenters. The summed E-state index contributed by atoms with van der Waals surface area (Å²) in [7, 11) is 0. The molecule has 0 aliphatic carbocycles. The first-order chi connectivity index (χ1) is 8.69. The number of hydrogen-bond donors (Lipinski definition) is 2. The summed E-state index contributed by atoms with van der Waals surface area (Å²) in [5, 5.41) is 2.74. The Kier molecular flexibility index (Phi) is 6.22. The molecule has 0 aliphatic heterocycles. The van der Waals surface area contributed by atoms with Gasteiger partial charge in [-0.3, -0.25) is 4.79 Å². The van der Waals surface area contributed by atoms with Gasteiger partial charge in [-0.05, 0) is 19.4 Å². The van der Waals surface area contributed by atoms with Crippen molar-refractivity contribution in [3.63, 3.8) is 0 Å². The zero-order valence-corrected chi connectivity index (χ0v) is 11.1. The van der Waals surface area contributed by atoms with Crippen molar-refractivity contribution in [2.45, 2.75) is 32.7 Å². The molecule has 0 saturated carbocycles. The van der Waals surface area contributed by atoms with Crippen LogP contribution in [0.3, 0.4) is 0 Å². The predicted octanol–water partition coefficient (Wildman–Crippen LogP) is 2.00. The highest BCUT2D eigenvalue weighted by molar-refractivity contribution is 5.75. The van der Waals surface area contributed by atoms with Crippen LogP contribution in [0.1, 0.15) is 38.3 Å². The van der Waals surface area contributed by atoms with Crippen molar-refractivity contribution in [1.29, 1.82) is 0 Å². The second-order valence-corrected chi connectivity index (χ2v) is 4.10. The monoisotopic (exact) mass is 250 g/mol. The number of ether oxygens (including phenoxy) is 1. The summed E-state index contributed by atoms with van der Waals surface area (Å²) in [5.74, 6) is 0.783. The molecule has 0 unspecified atom stereocenters. The molecule has 1 aromatic carbocycles. The molecule has 0 heterocycles. The Balaban J connectivity index is 2.54. The molecular weight excluding hydrogens is 228 g/mol. The van der Waals surface area contributed by atoms with E-state index in [0.29, 0.717) is 19.6 Å². The van der Waals surface area contributed by atoms with Gasteiger partial charge in [-0.2, -0.15) is 0 Å². The van der Waals surface area contributed by atoms with Gasteiger partial charge in [0.2, 0.25) is 5.91 Å². The molecule has 3 N–H and O–H groups in total. The first-order valence-electron chi connectivity index (χ1n) is 6.43. The number of nitrogens with two attached hydrogens (primary N) is 1. The van der Waals surface area contributed by atoms with Gasteiger partial charge >= 0.3 is 0 Å². The van der Waals surface area contributed by atoms with E-state index in [1.165, 1.54) is 0 Å². The van der Waals surface area contributed by atoms with Crippen molar-refractivity contribution in [2.75, 3.05) is 13.2 Å². The highest BCUT2D eigenvalue weighted by atomic mass is 16.5. The third-order valence-electron chi connectivity index (χ3n) is 2.72. The van der Waals surface area contributed by atoms with E-state index in [1.54, 1.807) is 0 Å². The highest BCUT2D eigenvalue weighted by Crippen LogP contribution is 2.25. The van der Waals surface area contributed by atoms with E-state index < -0.39 is 0 Å². The van der Waals surface area contributed by atoms with Crippen LogP contribution >= 0.6 is 0 Å². The van der Waals surface area contributed by atoms with Crippen LogP contribution in [0.15, 0.2) is 24.3 Å². The third-order valence-corrected chi connectivity index (χ3v) is 2.72. The Morgan fingerprint density at radius 3 is 2.78 bits per heavy atom. The minimum absolute atomic E-state index is 0.00905. The van der Waals surface area contributed by atoms with Gasteiger partial charge in [-0.15, -0.1) is 0 Å². The number of para-hydroxylation sites is 1. The summed E-state index contributed by atoms with van der Waals surface area (Å²) in [6.45, 7) is 4.96. The molecule has 100 valence electrons. The molecule has 0 aromatic heterocycles. The van der Waals surface area contributed by atoms with Crippen molar-refractivity contribution in [2.24, 2.45) is 5.73 Å². The zero-order valence-electron chi connectivity index (χ0n) is 11.1. The summed E-state index contributed by atoms with van der Waals surface area (Å²) >= 11 is 0. The lowest BCUT2D eigenvalue weighted by atomic mass is 10.0. The Hall–Kier alpha value is -1.55. The largest absolute Gasteiger partial charge is 0.493 e. The van der Waals surface area contributed by atoms with Gasteiger partial charge in [-0.1, -0.05) is 25.1 Å². The third kappa shape index (κ3) is 4.37. The molecule has 1 amide bonds. The van der Waals surface area contributed by atoms with Gasteiger partial charge in [0.25, 0.3) is 0 Å². The van der Waals surface area contributed by atoms with Crippen LogP contribution in [0.2, 0.25) is 0 Å². The van der Waals surface area contributed by atoms with Crippen LogP contribution in [-0.4, -0.2) is 19.1 Å². The Bertz CT molecular complexity index is 380. The lowest BCUT2D eigenvalue weighted by Crippen LogP contribution is -2.24. The van der Waals surface area contributed by atoms with Crippen molar-refractivity contribution < 1.29 is 9.53 Å². The molecule has 0 bridgehead atoms. The van der Waals surface area contributed by atoms with Gasteiger partial charge in [0.1, 0.15) is 5.75 Å². The summed E-state index contributed by atoms with van der Waals surface area (Å²) in [5.41, 5.74) is 7.01. The van der Waals surface area contributed by atoms with Crippen LogP contribution in [0.4, 0.5) is 0 Å². The van der Waals surface area contributed by atoms with Crippen molar-refractivity contribution in [3.05, 3.63) is 29.8 Å². The van der Waals surface area contributed by atoms with Crippen molar-refractivity contribution >= 4 is 5.91 Å². The van der Waals surface area contributed by atoms with Crippen LogP contribution in [0, 0.1) is 0 Å². The molecule has 0 aliphatic rings. The van der Waals surface area contributed by atoms with Gasteiger partial charge < -0.3 is 15.8 Å². The second kappa shape index (κ2) is 7.71. The van der Waals surface area contributed by atoms with E-state index in [9.17, 15) is 4.79 Å². The lowest BCUT2D eigenvalue weighted by Gasteiger charge is -2.15. The zero-order chi connectivity index (χ0) is 13.4. The minimum atomic E-state index is -0.0225. The van der Waals surface area contributed by atoms with Crippen molar-refractivity contribution in [3.8, 4) is 5.75 Å². The molecule has 1 rings (SSSR count). The van der Waals surface area contributed by atoms with Crippen molar-refractivity contribution in [1.82, 2.24) is 5.32 Å². The van der Waals surface area contributed by atoms with Gasteiger partial charge in [-0.25, -0.2) is 0 Å². The Labute approximate surface area is 109 Å². The Morgan fingerprint density at radius 1 is 1.39 bits per heavy atom. The fourth-order valence-corrected chi connectivity index (χ4v) is 1.68. The number of carbonyl (C=O) groups is 1. The van der Waals surface area contributed by atoms with Crippen LogP contribution < -0.4 is 15.8 Å². The average molecular weight is 250 g/mol. The molecule has 4 heteroatoms. The van der Waals surface area contributed by atoms with E-state index in [0.717, 1.165) is 17.7 Å². The topological polar surface area (TPSA) is 64.3 Å². The number of benzene rings is 1. The summed E-state index contributed by atoms with van der Waals surface area (Å²) < 4.78 is 5.64. The summed E-state index contributed by atoms with van der Waals surface area (Å²) in [6.07, 6.45) is 1.22. The average Bonchev–Trinajstić information content (AvgIpc) is 2.39. The maximum absolute atomic E-state index is 11.3. The molecule has 0 radical (unpaired) electrons. The first kappa shape index (κ1) is 14.5. The van der Waals surface area contributed by atoms with Crippen LogP contribution in [-0.2, 0) is 4.79 Å². The lowest BCUT2D eigenvalue weighted by molar-refractivity contribution is -0.121. The van der Waals surface area contributed by atoms with Gasteiger partial charge in [0.05, 0.1) is 13.0 Å². The fourth-order valence-electron chi connectivity index (χ4n) is 1.68. The highest BCUT2D eigenvalue weighted by Gasteiger charge is 2.10. The normalized spacial score (nSPS) is 11.9. The van der Waals surface area contributed by atoms with E-state index in [-0.39, 0.29) is 11.9 Å². The van der Waals surface area contributed by atoms with E-state index in [2.05, 4.69) is 5.32 Å². The van der Waals surface area contributed by atoms with Gasteiger partial charge in [0, 0.05) is 18.2 Å². The minimum Gasteiger partial charge on any atom is -0.493 e. The van der Waals surface area contributed by atoms with Crippen LogP contribution in [0.5, 0.6) is 5.75 Å². The summed E-state index contributed by atoms with van der Waals surface area (Å²) in [4.78, 5) is 11.3. The molecular formula is C14H22N2O2. The second-order valence-electron chi connectivity index (χ2n) is 4.10. The van der Waals surface area contributed by atoms with Crippen LogP contribution in [0.25, 0.3) is 0 Å². The first-order valence-corrected chi connectivity index (χ1v) is 6.43. The molecule has 18 heavy (non-hydrogen) atoms. The predicted molar refractivity (Wildman–Crippen MR) is 72.5 cm³/mol. The number of carbonyl (C=O) groups excluding carboxylic acids is 1. The van der Waals surface area contributed by atoms with E-state index >= 15 is 0 Å². The van der Waals surface area contributed by atoms with E-state index in [4.69, 9.17) is 10.5 Å². The Morgan fingerprint density at radius 2 is 2.11 bits per heavy atom. The standard InChI is InChI=1S/C14H22N2O2/c1-3-12(15)11-7-5-6-8-13(11)18-10-9-14(17)16-4-2/h5-8,12H,3-4,9-10,15H2,1-2H3,(H,16,17)/t12-/m0/s1. The molecule has 4 nitrogen and oxygen atoms in total. The fraction of sp³-hybridized carbons (Fsp3) is 0.500. The summed E-state index contributed by atoms with van der Waals surface area (Å²) in [6, 6.07) is 7.69. The maximum atomic E-state index is 11.3. The number of rotatable bonds is 7. The molecule has 0 fully saturated rings. The number of nitrogens with one attached hydrogen (secondary N) is 1. The number of amides is 1. The maximum Gasteiger partial charge on any atom is 0.223 e. The number of hydrogen-bond acceptors (Lipinski definition) is 3. The molecule has 1 aromatic rings. The molecule has 0 spiro atoms. The SMILES string of the molecule is CCNC(=O)CCOc1ccccc1[C@@H](N)CC. The van der Waals surface area contributed by atoms with E-state index in [1.807, 2.05) is 38.1 Å². The smallest absolute Gasteiger partial charge is 0.223 e. The van der Waals surface area contributed by atoms with Gasteiger partial charge in [0.15, 0.2) is 0 Å². The quantitative estimate of drug-likeness (QED) is 0.778. The molecule has 0 saturated heterocycles.